The van der Waals surface area contributed by atoms with Gasteiger partial charge < -0.3 is 16.2 Å². The quantitative estimate of drug-likeness (QED) is 0.583. The number of nitrogens with zero attached hydrogens (tertiary/aromatic N) is 1. The maximum Gasteiger partial charge on any atom is 0.193 e. The molecule has 4 N–H and O–H groups in total. The van der Waals surface area contributed by atoms with Crippen LogP contribution in [0.25, 0.3) is 0 Å². The van der Waals surface area contributed by atoms with Gasteiger partial charge in [0.1, 0.15) is 5.75 Å². The first-order chi connectivity index (χ1) is 10.2. The van der Waals surface area contributed by atoms with Gasteiger partial charge in [0.15, 0.2) is 5.96 Å². The molecule has 0 aliphatic heterocycles. The molecule has 4 heteroatoms. The Labute approximate surface area is 125 Å². The fraction of sp³-hybridized carbons (Fsp3) is 0.235. The van der Waals surface area contributed by atoms with E-state index in [9.17, 15) is 5.11 Å². The van der Waals surface area contributed by atoms with Crippen molar-refractivity contribution in [1.82, 2.24) is 0 Å². The second kappa shape index (κ2) is 7.33. The van der Waals surface area contributed by atoms with E-state index in [0.717, 1.165) is 24.1 Å². The number of aliphatic imine (C=N–C) groups is 1. The molecule has 2 aromatic rings. The molecule has 0 aliphatic rings. The third-order valence-electron chi connectivity index (χ3n) is 3.23. The molecule has 0 heterocycles. The zero-order chi connectivity index (χ0) is 15.1. The molecule has 4 nitrogen and oxygen atoms in total. The number of aromatic hydroxyl groups is 1. The molecule has 2 aromatic carbocycles. The molecule has 0 saturated carbocycles. The van der Waals surface area contributed by atoms with Crippen LogP contribution in [0.5, 0.6) is 5.75 Å². The number of benzene rings is 2. The minimum Gasteiger partial charge on any atom is -0.508 e. The van der Waals surface area contributed by atoms with Crippen molar-refractivity contribution in [2.24, 2.45) is 10.7 Å². The summed E-state index contributed by atoms with van der Waals surface area (Å²) in [5.74, 6) is 0.679. The fourth-order valence-electron chi connectivity index (χ4n) is 2.03. The van der Waals surface area contributed by atoms with Crippen LogP contribution >= 0.6 is 0 Å². The summed E-state index contributed by atoms with van der Waals surface area (Å²) in [6.07, 6.45) is 1.76. The zero-order valence-electron chi connectivity index (χ0n) is 12.2. The number of aryl methyl sites for hydroxylation is 1. The van der Waals surface area contributed by atoms with E-state index in [4.69, 9.17) is 5.73 Å². The van der Waals surface area contributed by atoms with E-state index in [1.165, 1.54) is 5.56 Å². The van der Waals surface area contributed by atoms with Crippen molar-refractivity contribution in [1.29, 1.82) is 0 Å². The van der Waals surface area contributed by atoms with Crippen LogP contribution in [0.2, 0.25) is 0 Å². The van der Waals surface area contributed by atoms with Crippen LogP contribution in [0.3, 0.4) is 0 Å². The lowest BCUT2D eigenvalue weighted by atomic mass is 10.1. The summed E-state index contributed by atoms with van der Waals surface area (Å²) in [5, 5.41) is 12.5. The van der Waals surface area contributed by atoms with Gasteiger partial charge in [0.25, 0.3) is 0 Å². The van der Waals surface area contributed by atoms with E-state index in [0.29, 0.717) is 12.5 Å². The lowest BCUT2D eigenvalue weighted by molar-refractivity contribution is 0.474. The minimum atomic E-state index is 0.276. The monoisotopic (exact) mass is 283 g/mol. The summed E-state index contributed by atoms with van der Waals surface area (Å²) in [5.41, 5.74) is 9.13. The van der Waals surface area contributed by atoms with E-state index in [-0.39, 0.29) is 5.75 Å². The molecule has 0 aromatic heterocycles. The second-order valence-electron chi connectivity index (χ2n) is 4.86. The first-order valence-corrected chi connectivity index (χ1v) is 7.11. The lowest BCUT2D eigenvalue weighted by Crippen LogP contribution is -2.23. The third-order valence-corrected chi connectivity index (χ3v) is 3.23. The summed E-state index contributed by atoms with van der Waals surface area (Å²) >= 11 is 0. The van der Waals surface area contributed by atoms with Crippen LogP contribution in [0.1, 0.15) is 18.1 Å². The van der Waals surface area contributed by atoms with Crippen molar-refractivity contribution in [2.75, 3.05) is 11.9 Å². The summed E-state index contributed by atoms with van der Waals surface area (Å²) in [6.45, 7) is 2.70. The van der Waals surface area contributed by atoms with Crippen LogP contribution in [0.4, 0.5) is 5.69 Å². The Kier molecular flexibility index (Phi) is 5.21. The van der Waals surface area contributed by atoms with Gasteiger partial charge in [0, 0.05) is 12.2 Å². The molecule has 0 amide bonds. The smallest absolute Gasteiger partial charge is 0.193 e. The maximum absolute atomic E-state index is 9.39. The summed E-state index contributed by atoms with van der Waals surface area (Å²) in [6, 6.07) is 15.3. The first kappa shape index (κ1) is 14.9. The Balaban J connectivity index is 1.86. The van der Waals surface area contributed by atoms with E-state index in [1.807, 2.05) is 24.3 Å². The fourth-order valence-corrected chi connectivity index (χ4v) is 2.03. The molecule has 0 aliphatic carbocycles. The molecule has 0 radical (unpaired) electrons. The van der Waals surface area contributed by atoms with Crippen LogP contribution < -0.4 is 11.1 Å². The standard InChI is InChI=1S/C17H21N3O/c1-2-13-6-8-15(9-7-13)20-17(18)19-11-10-14-4-3-5-16(21)12-14/h3-9,12,21H,2,10-11H2,1H3,(H3,18,19,20). The molecule has 0 saturated heterocycles. The second-order valence-corrected chi connectivity index (χ2v) is 4.86. The van der Waals surface area contributed by atoms with Gasteiger partial charge in [0.05, 0.1) is 0 Å². The average molecular weight is 283 g/mol. The summed E-state index contributed by atoms with van der Waals surface area (Å²) < 4.78 is 0. The Bertz CT molecular complexity index is 606. The molecule has 2 rings (SSSR count). The van der Waals surface area contributed by atoms with Gasteiger partial charge in [-0.05, 0) is 48.2 Å². The van der Waals surface area contributed by atoms with Crippen molar-refractivity contribution in [2.45, 2.75) is 19.8 Å². The molecule has 21 heavy (non-hydrogen) atoms. The van der Waals surface area contributed by atoms with Crippen molar-refractivity contribution < 1.29 is 5.11 Å². The Morgan fingerprint density at radius 3 is 2.57 bits per heavy atom. The molecule has 0 bridgehead atoms. The number of hydrogen-bond acceptors (Lipinski definition) is 2. The maximum atomic E-state index is 9.39. The molecule has 0 unspecified atom stereocenters. The Morgan fingerprint density at radius 1 is 1.14 bits per heavy atom. The molecule has 0 fully saturated rings. The number of guanidine groups is 1. The normalized spacial score (nSPS) is 11.4. The highest BCUT2D eigenvalue weighted by Crippen LogP contribution is 2.11. The lowest BCUT2D eigenvalue weighted by Gasteiger charge is -2.06. The summed E-state index contributed by atoms with van der Waals surface area (Å²) in [7, 11) is 0. The highest BCUT2D eigenvalue weighted by molar-refractivity contribution is 5.92. The number of nitrogens with two attached hydrogens (primary N) is 1. The Hall–Kier alpha value is -2.49. The van der Waals surface area contributed by atoms with Gasteiger partial charge in [-0.15, -0.1) is 0 Å². The van der Waals surface area contributed by atoms with Gasteiger partial charge in [0.2, 0.25) is 0 Å². The van der Waals surface area contributed by atoms with Gasteiger partial charge >= 0.3 is 0 Å². The van der Waals surface area contributed by atoms with Gasteiger partial charge in [-0.25, -0.2) is 0 Å². The molecular weight excluding hydrogens is 262 g/mol. The minimum absolute atomic E-state index is 0.276. The van der Waals surface area contributed by atoms with E-state index in [1.54, 1.807) is 12.1 Å². The van der Waals surface area contributed by atoms with Crippen LogP contribution in [-0.2, 0) is 12.8 Å². The van der Waals surface area contributed by atoms with E-state index < -0.39 is 0 Å². The number of hydrogen-bond donors (Lipinski definition) is 3. The van der Waals surface area contributed by atoms with Crippen LogP contribution in [-0.4, -0.2) is 17.6 Å². The van der Waals surface area contributed by atoms with Crippen LogP contribution in [0, 0.1) is 0 Å². The first-order valence-electron chi connectivity index (χ1n) is 7.11. The highest BCUT2D eigenvalue weighted by Gasteiger charge is 1.97. The topological polar surface area (TPSA) is 70.6 Å². The largest absolute Gasteiger partial charge is 0.508 e. The van der Waals surface area contributed by atoms with E-state index >= 15 is 0 Å². The van der Waals surface area contributed by atoms with Crippen molar-refractivity contribution in [3.63, 3.8) is 0 Å². The molecule has 0 atom stereocenters. The average Bonchev–Trinajstić information content (AvgIpc) is 2.48. The number of phenolic OH excluding ortho intramolecular Hbond substituents is 1. The van der Waals surface area contributed by atoms with E-state index in [2.05, 4.69) is 29.4 Å². The van der Waals surface area contributed by atoms with Crippen molar-refractivity contribution >= 4 is 11.6 Å². The predicted octanol–water partition coefficient (Wildman–Crippen LogP) is 2.92. The number of phenols is 1. The zero-order valence-corrected chi connectivity index (χ0v) is 12.2. The number of rotatable bonds is 5. The van der Waals surface area contributed by atoms with Gasteiger partial charge in [-0.2, -0.15) is 0 Å². The SMILES string of the molecule is CCc1ccc(NC(N)=NCCc2cccc(O)c2)cc1. The number of nitrogens with one attached hydrogen (secondary N) is 1. The number of anilines is 1. The van der Waals surface area contributed by atoms with Gasteiger partial charge in [-0.3, -0.25) is 4.99 Å². The van der Waals surface area contributed by atoms with Gasteiger partial charge in [-0.1, -0.05) is 31.2 Å². The summed E-state index contributed by atoms with van der Waals surface area (Å²) in [4.78, 5) is 4.29. The van der Waals surface area contributed by atoms with Crippen molar-refractivity contribution in [3.05, 3.63) is 59.7 Å². The third kappa shape index (κ3) is 4.84. The highest BCUT2D eigenvalue weighted by atomic mass is 16.3. The Morgan fingerprint density at radius 2 is 1.90 bits per heavy atom. The predicted molar refractivity (Wildman–Crippen MR) is 87.7 cm³/mol. The van der Waals surface area contributed by atoms with Crippen molar-refractivity contribution in [3.8, 4) is 5.75 Å². The molecule has 0 spiro atoms. The van der Waals surface area contributed by atoms with Crippen LogP contribution in [0.15, 0.2) is 53.5 Å². The molecule has 110 valence electrons. The molecular formula is C17H21N3O.